The second-order valence-electron chi connectivity index (χ2n) is 2.30. The molecule has 1 rings (SSSR count). The maximum Gasteiger partial charge on any atom is 0.337 e. The van der Waals surface area contributed by atoms with Crippen LogP contribution in [0.4, 0.5) is 8.78 Å². The molecule has 0 radical (unpaired) electrons. The predicted octanol–water partition coefficient (Wildman–Crippen LogP) is 3.02. The second-order valence-corrected chi connectivity index (χ2v) is 3.04. The molecule has 0 aliphatic heterocycles. The number of hydrogen-bond donors (Lipinski definition) is 1. The first-order valence-corrected chi connectivity index (χ1v) is 4.06. The van der Waals surface area contributed by atoms with Crippen molar-refractivity contribution in [1.82, 2.24) is 4.98 Å². The topological polar surface area (TPSA) is 50.2 Å². The Hall–Kier alpha value is -0.940. The lowest BCUT2D eigenvalue weighted by Gasteiger charge is -2.06. The number of carbonyl (C=O) groups is 1. The molecule has 0 saturated heterocycles. The van der Waals surface area contributed by atoms with Crippen molar-refractivity contribution >= 4 is 29.2 Å². The highest BCUT2D eigenvalue weighted by molar-refractivity contribution is 6.43. The van der Waals surface area contributed by atoms with Gasteiger partial charge in [0.2, 0.25) is 0 Å². The highest BCUT2D eigenvalue weighted by Crippen LogP contribution is 2.31. The van der Waals surface area contributed by atoms with Crippen molar-refractivity contribution in [2.75, 3.05) is 0 Å². The van der Waals surface area contributed by atoms with E-state index in [0.717, 1.165) is 0 Å². The molecule has 76 valence electrons. The third-order valence-electron chi connectivity index (χ3n) is 1.46. The molecule has 3 nitrogen and oxygen atoms in total. The number of hydrogen-bond acceptors (Lipinski definition) is 2. The van der Waals surface area contributed by atoms with Gasteiger partial charge in [-0.15, -0.1) is 0 Å². The monoisotopic (exact) mass is 241 g/mol. The summed E-state index contributed by atoms with van der Waals surface area (Å²) in [6, 6.07) is 0. The summed E-state index contributed by atoms with van der Waals surface area (Å²) in [4.78, 5) is 13.9. The first-order valence-electron chi connectivity index (χ1n) is 3.30. The van der Waals surface area contributed by atoms with Crippen molar-refractivity contribution in [1.29, 1.82) is 0 Å². The maximum atomic E-state index is 12.3. The third kappa shape index (κ3) is 1.93. The fourth-order valence-corrected chi connectivity index (χ4v) is 1.24. The van der Waals surface area contributed by atoms with Gasteiger partial charge in [-0.1, -0.05) is 23.2 Å². The Balaban J connectivity index is 3.45. The molecule has 1 aromatic rings. The first kappa shape index (κ1) is 11.1. The Kier molecular flexibility index (Phi) is 3.23. The maximum absolute atomic E-state index is 12.3. The molecule has 1 heterocycles. The summed E-state index contributed by atoms with van der Waals surface area (Å²) >= 11 is 10.8. The molecule has 0 aliphatic rings. The Bertz CT molecular complexity index is 384. The normalized spacial score (nSPS) is 10.6. The number of pyridine rings is 1. The van der Waals surface area contributed by atoms with Gasteiger partial charge in [-0.05, 0) is 0 Å². The van der Waals surface area contributed by atoms with Crippen molar-refractivity contribution in [3.63, 3.8) is 0 Å². The summed E-state index contributed by atoms with van der Waals surface area (Å²) in [6.45, 7) is 0. The number of aromatic nitrogens is 1. The molecule has 0 fully saturated rings. The highest BCUT2D eigenvalue weighted by atomic mass is 35.5. The van der Waals surface area contributed by atoms with E-state index in [4.69, 9.17) is 28.3 Å². The van der Waals surface area contributed by atoms with E-state index in [1.807, 2.05) is 0 Å². The average molecular weight is 242 g/mol. The van der Waals surface area contributed by atoms with Crippen LogP contribution in [0.3, 0.4) is 0 Å². The zero-order valence-electron chi connectivity index (χ0n) is 6.47. The second kappa shape index (κ2) is 4.06. The molecule has 1 N–H and O–H groups in total. The standard InChI is InChI=1S/C7H3Cl2F2NO2/c8-4-3(7(13)14)2(6(10)11)1-12-5(4)9/h1,6H,(H,13,14). The van der Waals surface area contributed by atoms with Gasteiger partial charge in [0.05, 0.1) is 16.1 Å². The fraction of sp³-hybridized carbons (Fsp3) is 0.143. The first-order chi connectivity index (χ1) is 6.45. The third-order valence-corrected chi connectivity index (χ3v) is 2.21. The minimum absolute atomic E-state index is 0.312. The van der Waals surface area contributed by atoms with Crippen LogP contribution in [0.15, 0.2) is 6.20 Å². The largest absolute Gasteiger partial charge is 0.478 e. The number of nitrogens with zero attached hydrogens (tertiary/aromatic N) is 1. The molecule has 1 aromatic heterocycles. The van der Waals surface area contributed by atoms with Crippen LogP contribution in [0, 0.1) is 0 Å². The number of aromatic carboxylic acids is 1. The van der Waals surface area contributed by atoms with E-state index in [1.165, 1.54) is 0 Å². The number of carboxylic acids is 1. The van der Waals surface area contributed by atoms with E-state index in [-0.39, 0.29) is 5.15 Å². The number of alkyl halides is 2. The lowest BCUT2D eigenvalue weighted by atomic mass is 10.1. The van der Waals surface area contributed by atoms with Crippen LogP contribution >= 0.6 is 23.2 Å². The molecule has 0 bridgehead atoms. The summed E-state index contributed by atoms with van der Waals surface area (Å²) < 4.78 is 24.6. The molecule has 14 heavy (non-hydrogen) atoms. The Morgan fingerprint density at radius 1 is 1.50 bits per heavy atom. The van der Waals surface area contributed by atoms with E-state index in [9.17, 15) is 13.6 Å². The van der Waals surface area contributed by atoms with Crippen LogP contribution in [0.5, 0.6) is 0 Å². The Labute approximate surface area is 87.3 Å². The molecule has 7 heteroatoms. The van der Waals surface area contributed by atoms with Crippen LogP contribution < -0.4 is 0 Å². The van der Waals surface area contributed by atoms with Gasteiger partial charge < -0.3 is 5.11 Å². The van der Waals surface area contributed by atoms with Crippen molar-refractivity contribution in [2.24, 2.45) is 0 Å². The molecule has 0 saturated carbocycles. The van der Waals surface area contributed by atoms with Crippen molar-refractivity contribution < 1.29 is 18.7 Å². The van der Waals surface area contributed by atoms with Gasteiger partial charge in [0.25, 0.3) is 6.43 Å². The van der Waals surface area contributed by atoms with E-state index >= 15 is 0 Å². The molecule has 0 amide bonds. The molecular weight excluding hydrogens is 239 g/mol. The number of carboxylic acid groups (broad SMARTS) is 1. The molecule has 0 spiro atoms. The summed E-state index contributed by atoms with van der Waals surface area (Å²) in [6.07, 6.45) is -2.26. The van der Waals surface area contributed by atoms with Crippen LogP contribution in [0.1, 0.15) is 22.3 Å². The van der Waals surface area contributed by atoms with Gasteiger partial charge >= 0.3 is 5.97 Å². The van der Waals surface area contributed by atoms with Gasteiger partial charge in [0, 0.05) is 6.20 Å². The van der Waals surface area contributed by atoms with E-state index in [2.05, 4.69) is 4.98 Å². The number of halogens is 4. The van der Waals surface area contributed by atoms with Crippen molar-refractivity contribution in [3.05, 3.63) is 27.5 Å². The minimum Gasteiger partial charge on any atom is -0.478 e. The van der Waals surface area contributed by atoms with Crippen molar-refractivity contribution in [3.8, 4) is 0 Å². The molecule has 0 atom stereocenters. The van der Waals surface area contributed by atoms with E-state index in [0.29, 0.717) is 6.20 Å². The van der Waals surface area contributed by atoms with Crippen LogP contribution in [0.2, 0.25) is 10.2 Å². The average Bonchev–Trinajstić information content (AvgIpc) is 2.08. The van der Waals surface area contributed by atoms with Gasteiger partial charge in [-0.3, -0.25) is 0 Å². The highest BCUT2D eigenvalue weighted by Gasteiger charge is 2.23. The van der Waals surface area contributed by atoms with Gasteiger partial charge in [-0.25, -0.2) is 18.6 Å². The zero-order chi connectivity index (χ0) is 10.9. The quantitative estimate of drug-likeness (QED) is 0.810. The lowest BCUT2D eigenvalue weighted by molar-refractivity contribution is 0.0684. The molecular formula is C7H3Cl2F2NO2. The Morgan fingerprint density at radius 3 is 2.50 bits per heavy atom. The summed E-state index contributed by atoms with van der Waals surface area (Å²) in [5, 5.41) is 7.83. The fourth-order valence-electron chi connectivity index (χ4n) is 0.860. The smallest absolute Gasteiger partial charge is 0.337 e. The van der Waals surface area contributed by atoms with E-state index < -0.39 is 28.5 Å². The van der Waals surface area contributed by atoms with Crippen LogP contribution in [-0.2, 0) is 0 Å². The summed E-state index contributed by atoms with van der Waals surface area (Å²) in [5.74, 6) is -1.56. The molecule has 0 unspecified atom stereocenters. The van der Waals surface area contributed by atoms with Crippen LogP contribution in [0.25, 0.3) is 0 Å². The van der Waals surface area contributed by atoms with Gasteiger partial charge in [0.15, 0.2) is 0 Å². The molecule has 0 aliphatic carbocycles. The van der Waals surface area contributed by atoms with Crippen LogP contribution in [-0.4, -0.2) is 16.1 Å². The lowest BCUT2D eigenvalue weighted by Crippen LogP contribution is -2.05. The molecule has 0 aromatic carbocycles. The SMILES string of the molecule is O=C(O)c1c(C(F)F)cnc(Cl)c1Cl. The summed E-state index contributed by atoms with van der Waals surface area (Å²) in [5.41, 5.74) is -1.45. The Morgan fingerprint density at radius 2 is 2.07 bits per heavy atom. The van der Waals surface area contributed by atoms with Gasteiger partial charge in [-0.2, -0.15) is 0 Å². The minimum atomic E-state index is -2.96. The van der Waals surface area contributed by atoms with E-state index in [1.54, 1.807) is 0 Å². The predicted molar refractivity (Wildman–Crippen MR) is 46.2 cm³/mol. The zero-order valence-corrected chi connectivity index (χ0v) is 7.98. The van der Waals surface area contributed by atoms with Gasteiger partial charge in [0.1, 0.15) is 5.15 Å². The summed E-state index contributed by atoms with van der Waals surface area (Å²) in [7, 11) is 0. The number of rotatable bonds is 2. The van der Waals surface area contributed by atoms with Crippen molar-refractivity contribution in [2.45, 2.75) is 6.43 Å².